The van der Waals surface area contributed by atoms with Crippen LogP contribution in [0.1, 0.15) is 0 Å². The molecule has 1 N–H and O–H groups in total. The zero-order valence-corrected chi connectivity index (χ0v) is 15.2. The Balaban J connectivity index is 1.85. The van der Waals surface area contributed by atoms with Crippen molar-refractivity contribution in [3.63, 3.8) is 0 Å². The zero-order chi connectivity index (χ0) is 19.9. The maximum atomic E-state index is 12.1. The van der Waals surface area contributed by atoms with Gasteiger partial charge in [-0.25, -0.2) is 8.42 Å². The quantitative estimate of drug-likeness (QED) is 0.727. The van der Waals surface area contributed by atoms with E-state index >= 15 is 0 Å². The number of halogens is 4. The Labute approximate surface area is 159 Å². The lowest BCUT2D eigenvalue weighted by Crippen LogP contribution is -2.24. The highest BCUT2D eigenvalue weighted by molar-refractivity contribution is 7.89. The fourth-order valence-corrected chi connectivity index (χ4v) is 2.94. The predicted octanol–water partition coefficient (Wildman–Crippen LogP) is 3.60. The van der Waals surface area contributed by atoms with E-state index in [1.165, 1.54) is 0 Å². The first-order chi connectivity index (χ1) is 12.7. The van der Waals surface area contributed by atoms with Gasteiger partial charge in [-0.15, -0.1) is 13.2 Å². The standard InChI is InChI=1S/C17H13ClF3NO4S/c18-15-5-1-2-6-16(15)25-12-4-3-11-22-27(23,24)14-9-7-13(8-10-14)26-17(19,20)21/h1-2,5-10,22H,11-12H2. The SMILES string of the molecule is O=S(=O)(NCC#CCOc1ccccc1Cl)c1ccc(OC(F)(F)F)cc1. The maximum Gasteiger partial charge on any atom is 0.573 e. The van der Waals surface area contributed by atoms with Gasteiger partial charge in [-0.3, -0.25) is 0 Å². The molecule has 0 amide bonds. The molecule has 0 aromatic heterocycles. The molecule has 0 spiro atoms. The van der Waals surface area contributed by atoms with Crippen LogP contribution in [0.2, 0.25) is 5.02 Å². The average molecular weight is 420 g/mol. The second-order valence-electron chi connectivity index (χ2n) is 4.92. The van der Waals surface area contributed by atoms with Gasteiger partial charge in [-0.05, 0) is 36.4 Å². The van der Waals surface area contributed by atoms with Gasteiger partial charge in [0.2, 0.25) is 10.0 Å². The summed E-state index contributed by atoms with van der Waals surface area (Å²) in [4.78, 5) is -0.217. The summed E-state index contributed by atoms with van der Waals surface area (Å²) in [6.45, 7) is -0.191. The topological polar surface area (TPSA) is 64.6 Å². The molecule has 0 heterocycles. The average Bonchev–Trinajstić information content (AvgIpc) is 2.58. The monoisotopic (exact) mass is 419 g/mol. The van der Waals surface area contributed by atoms with Crippen LogP contribution < -0.4 is 14.2 Å². The van der Waals surface area contributed by atoms with Gasteiger partial charge in [-0.2, -0.15) is 4.72 Å². The first-order valence-corrected chi connectivity index (χ1v) is 9.22. The van der Waals surface area contributed by atoms with Gasteiger partial charge in [0.1, 0.15) is 18.1 Å². The second-order valence-corrected chi connectivity index (χ2v) is 7.09. The van der Waals surface area contributed by atoms with Gasteiger partial charge in [-0.1, -0.05) is 35.6 Å². The summed E-state index contributed by atoms with van der Waals surface area (Å²) in [5.74, 6) is 5.12. The van der Waals surface area contributed by atoms with Gasteiger partial charge in [0.25, 0.3) is 0 Å². The summed E-state index contributed by atoms with van der Waals surface area (Å²) < 4.78 is 71.5. The van der Waals surface area contributed by atoms with E-state index in [1.807, 2.05) is 0 Å². The van der Waals surface area contributed by atoms with Crippen LogP contribution in [-0.2, 0) is 10.0 Å². The third kappa shape index (κ3) is 7.02. The summed E-state index contributed by atoms with van der Waals surface area (Å²) >= 11 is 5.90. The molecule has 27 heavy (non-hydrogen) atoms. The summed E-state index contributed by atoms with van der Waals surface area (Å²) in [6, 6.07) is 10.6. The van der Waals surface area contributed by atoms with Gasteiger partial charge in [0, 0.05) is 0 Å². The molecule has 0 fully saturated rings. The molecule has 0 saturated carbocycles. The molecule has 0 bridgehead atoms. The zero-order valence-electron chi connectivity index (χ0n) is 13.6. The van der Waals surface area contributed by atoms with Crippen LogP contribution in [0.25, 0.3) is 0 Å². The number of nitrogens with one attached hydrogen (secondary N) is 1. The molecule has 0 saturated heterocycles. The van der Waals surface area contributed by atoms with Crippen molar-refractivity contribution in [3.05, 3.63) is 53.6 Å². The number of para-hydroxylation sites is 1. The molecule has 0 atom stereocenters. The lowest BCUT2D eigenvalue weighted by atomic mass is 10.3. The fraction of sp³-hybridized carbons (Fsp3) is 0.176. The van der Waals surface area contributed by atoms with Crippen LogP contribution in [0.15, 0.2) is 53.4 Å². The molecule has 0 radical (unpaired) electrons. The molecule has 0 aliphatic heterocycles. The van der Waals surface area contributed by atoms with Crippen molar-refractivity contribution < 1.29 is 31.1 Å². The van der Waals surface area contributed by atoms with E-state index < -0.39 is 22.1 Å². The van der Waals surface area contributed by atoms with Crippen molar-refractivity contribution in [2.45, 2.75) is 11.3 Å². The van der Waals surface area contributed by atoms with Crippen LogP contribution >= 0.6 is 11.6 Å². The lowest BCUT2D eigenvalue weighted by Gasteiger charge is -2.09. The van der Waals surface area contributed by atoms with Gasteiger partial charge in [0.05, 0.1) is 16.5 Å². The number of rotatable bonds is 6. The van der Waals surface area contributed by atoms with E-state index in [0.717, 1.165) is 24.3 Å². The number of ether oxygens (including phenoxy) is 2. The van der Waals surface area contributed by atoms with Crippen molar-refractivity contribution in [2.75, 3.05) is 13.2 Å². The molecule has 0 aliphatic carbocycles. The molecule has 0 unspecified atom stereocenters. The minimum absolute atomic E-state index is 0.00887. The molecule has 2 rings (SSSR count). The first-order valence-electron chi connectivity index (χ1n) is 7.36. The third-order valence-corrected chi connectivity index (χ3v) is 4.71. The highest BCUT2D eigenvalue weighted by Gasteiger charge is 2.31. The highest BCUT2D eigenvalue weighted by atomic mass is 35.5. The molecular weight excluding hydrogens is 407 g/mol. The molecule has 10 heteroatoms. The summed E-state index contributed by atoms with van der Waals surface area (Å²) in [7, 11) is -3.92. The van der Waals surface area contributed by atoms with Crippen molar-refractivity contribution >= 4 is 21.6 Å². The normalized spacial score (nSPS) is 11.4. The van der Waals surface area contributed by atoms with Crippen molar-refractivity contribution in [3.8, 4) is 23.3 Å². The van der Waals surface area contributed by atoms with Crippen molar-refractivity contribution in [1.29, 1.82) is 0 Å². The van der Waals surface area contributed by atoms with Crippen LogP contribution in [0.3, 0.4) is 0 Å². The summed E-state index contributed by atoms with van der Waals surface area (Å²) in [5.41, 5.74) is 0. The van der Waals surface area contributed by atoms with E-state index in [9.17, 15) is 21.6 Å². The Morgan fingerprint density at radius 3 is 2.33 bits per heavy atom. The smallest absolute Gasteiger partial charge is 0.479 e. The second kappa shape index (κ2) is 8.99. The molecule has 5 nitrogen and oxygen atoms in total. The molecule has 0 aliphatic rings. The predicted molar refractivity (Wildman–Crippen MR) is 93.0 cm³/mol. The Bertz CT molecular complexity index is 935. The van der Waals surface area contributed by atoms with Crippen molar-refractivity contribution in [2.24, 2.45) is 0 Å². The van der Waals surface area contributed by atoms with Crippen LogP contribution in [0.4, 0.5) is 13.2 Å². The van der Waals surface area contributed by atoms with Crippen LogP contribution in [0, 0.1) is 11.8 Å². The Morgan fingerprint density at radius 2 is 1.70 bits per heavy atom. The van der Waals surface area contributed by atoms with E-state index in [0.29, 0.717) is 10.8 Å². The Morgan fingerprint density at radius 1 is 1.04 bits per heavy atom. The minimum Gasteiger partial charge on any atom is -0.479 e. The van der Waals surface area contributed by atoms with Crippen LogP contribution in [-0.4, -0.2) is 27.9 Å². The third-order valence-electron chi connectivity index (χ3n) is 2.98. The lowest BCUT2D eigenvalue weighted by molar-refractivity contribution is -0.274. The highest BCUT2D eigenvalue weighted by Crippen LogP contribution is 2.24. The number of hydrogen-bond donors (Lipinski definition) is 1. The Hall–Kier alpha value is -2.41. The number of alkyl halides is 3. The van der Waals surface area contributed by atoms with Crippen LogP contribution in [0.5, 0.6) is 11.5 Å². The van der Waals surface area contributed by atoms with Gasteiger partial charge in [0.15, 0.2) is 0 Å². The molecular formula is C17H13ClF3NO4S. The van der Waals surface area contributed by atoms with Gasteiger partial charge >= 0.3 is 6.36 Å². The van der Waals surface area contributed by atoms with Gasteiger partial charge < -0.3 is 9.47 Å². The Kier molecular flexibility index (Phi) is 6.96. The fourth-order valence-electron chi connectivity index (χ4n) is 1.82. The minimum atomic E-state index is -4.85. The largest absolute Gasteiger partial charge is 0.573 e. The molecule has 2 aromatic rings. The van der Waals surface area contributed by atoms with E-state index in [1.54, 1.807) is 24.3 Å². The number of hydrogen-bond acceptors (Lipinski definition) is 4. The van der Waals surface area contributed by atoms with E-state index in [4.69, 9.17) is 16.3 Å². The first kappa shape index (κ1) is 20.9. The molecule has 144 valence electrons. The van der Waals surface area contributed by atoms with E-state index in [-0.39, 0.29) is 18.0 Å². The molecule has 2 aromatic carbocycles. The summed E-state index contributed by atoms with van der Waals surface area (Å²) in [5, 5.41) is 0.429. The van der Waals surface area contributed by atoms with E-state index in [2.05, 4.69) is 21.3 Å². The van der Waals surface area contributed by atoms with Crippen molar-refractivity contribution in [1.82, 2.24) is 4.72 Å². The summed E-state index contributed by atoms with van der Waals surface area (Å²) in [6.07, 6.45) is -4.85. The maximum absolute atomic E-state index is 12.1. The number of sulfonamides is 1. The number of benzene rings is 2.